The average molecular weight is 296 g/mol. The molecule has 0 heterocycles. The molecule has 5 rings (SSSR count). The van der Waals surface area contributed by atoms with E-state index in [9.17, 15) is 0 Å². The first-order valence-electron chi connectivity index (χ1n) is 8.50. The minimum atomic E-state index is 0.345. The molecule has 0 nitrogen and oxygen atoms in total. The molecule has 4 atom stereocenters. The molecule has 0 aliphatic heterocycles. The van der Waals surface area contributed by atoms with E-state index in [0.29, 0.717) is 17.3 Å². The molecule has 0 saturated heterocycles. The van der Waals surface area contributed by atoms with Crippen molar-refractivity contribution < 1.29 is 0 Å². The Hall–Kier alpha value is -2.34. The van der Waals surface area contributed by atoms with Crippen LogP contribution in [-0.2, 0) is 5.41 Å². The van der Waals surface area contributed by atoms with Gasteiger partial charge in [-0.2, -0.15) is 0 Å². The van der Waals surface area contributed by atoms with Crippen LogP contribution in [0.4, 0.5) is 0 Å². The third-order valence-corrected chi connectivity index (χ3v) is 5.95. The summed E-state index contributed by atoms with van der Waals surface area (Å²) >= 11 is 0. The van der Waals surface area contributed by atoms with Gasteiger partial charge in [0, 0.05) is 5.41 Å². The number of hydrogen-bond acceptors (Lipinski definition) is 0. The third-order valence-electron chi connectivity index (χ3n) is 5.95. The largest absolute Gasteiger partial charge is 0.0622 e. The number of benzene rings is 3. The monoisotopic (exact) mass is 296 g/mol. The second-order valence-corrected chi connectivity index (χ2v) is 7.10. The highest BCUT2D eigenvalue weighted by Gasteiger charge is 2.86. The van der Waals surface area contributed by atoms with Gasteiger partial charge in [-0.05, 0) is 41.4 Å². The van der Waals surface area contributed by atoms with Crippen LogP contribution in [0.25, 0.3) is 0 Å². The van der Waals surface area contributed by atoms with Crippen LogP contribution < -0.4 is 0 Å². The second-order valence-electron chi connectivity index (χ2n) is 7.10. The fourth-order valence-corrected chi connectivity index (χ4v) is 4.82. The lowest BCUT2D eigenvalue weighted by Gasteiger charge is -2.21. The summed E-state index contributed by atoms with van der Waals surface area (Å²) in [5, 5.41) is 0. The molecule has 3 aromatic rings. The van der Waals surface area contributed by atoms with Crippen LogP contribution in [0.3, 0.4) is 0 Å². The zero-order chi connectivity index (χ0) is 15.4. The summed E-state index contributed by atoms with van der Waals surface area (Å²) in [4.78, 5) is 0. The van der Waals surface area contributed by atoms with Crippen molar-refractivity contribution in [3.63, 3.8) is 0 Å². The molecule has 2 saturated carbocycles. The summed E-state index contributed by atoms with van der Waals surface area (Å²) in [5.41, 5.74) is 6.22. The summed E-state index contributed by atoms with van der Waals surface area (Å²) in [6.45, 7) is 2.16. The normalized spacial score (nSPS) is 30.6. The first kappa shape index (κ1) is 13.1. The van der Waals surface area contributed by atoms with Gasteiger partial charge in [-0.15, -0.1) is 0 Å². The van der Waals surface area contributed by atoms with Gasteiger partial charge in [0.1, 0.15) is 0 Å². The van der Waals surface area contributed by atoms with E-state index in [4.69, 9.17) is 0 Å². The zero-order valence-electron chi connectivity index (χ0n) is 13.3. The van der Waals surface area contributed by atoms with Crippen molar-refractivity contribution in [1.82, 2.24) is 0 Å². The van der Waals surface area contributed by atoms with Gasteiger partial charge in [0.2, 0.25) is 0 Å². The lowest BCUT2D eigenvalue weighted by atomic mass is 9.82. The van der Waals surface area contributed by atoms with Crippen molar-refractivity contribution >= 4 is 0 Å². The van der Waals surface area contributed by atoms with Gasteiger partial charge in [0.05, 0.1) is 0 Å². The van der Waals surface area contributed by atoms with Gasteiger partial charge in [0.25, 0.3) is 0 Å². The van der Waals surface area contributed by atoms with Crippen molar-refractivity contribution in [3.8, 4) is 0 Å². The third kappa shape index (κ3) is 1.72. The Balaban J connectivity index is 1.56. The fourth-order valence-electron chi connectivity index (χ4n) is 4.82. The highest BCUT2D eigenvalue weighted by Crippen LogP contribution is 2.91. The van der Waals surface area contributed by atoms with Crippen LogP contribution in [0, 0.1) is 12.8 Å². The molecule has 0 heteroatoms. The lowest BCUT2D eigenvalue weighted by Crippen LogP contribution is -2.11. The first-order chi connectivity index (χ1) is 11.3. The van der Waals surface area contributed by atoms with Gasteiger partial charge < -0.3 is 0 Å². The molecule has 0 amide bonds. The van der Waals surface area contributed by atoms with E-state index in [1.807, 2.05) is 0 Å². The molecule has 0 aromatic heterocycles. The second kappa shape index (κ2) is 4.58. The Bertz CT molecular complexity index is 832. The summed E-state index contributed by atoms with van der Waals surface area (Å²) in [6.07, 6.45) is 0. The molecular weight excluding hydrogens is 276 g/mol. The van der Waals surface area contributed by atoms with E-state index in [1.165, 1.54) is 22.3 Å². The predicted molar refractivity (Wildman–Crippen MR) is 94.7 cm³/mol. The van der Waals surface area contributed by atoms with Crippen molar-refractivity contribution in [2.24, 2.45) is 5.92 Å². The summed E-state index contributed by atoms with van der Waals surface area (Å²) < 4.78 is 0. The molecule has 2 aliphatic rings. The Morgan fingerprint density at radius 2 is 1.13 bits per heavy atom. The maximum Gasteiger partial charge on any atom is 0.0137 e. The molecule has 3 aromatic carbocycles. The summed E-state index contributed by atoms with van der Waals surface area (Å²) in [5.74, 6) is 2.16. The van der Waals surface area contributed by atoms with E-state index >= 15 is 0 Å². The van der Waals surface area contributed by atoms with Crippen LogP contribution in [0.15, 0.2) is 84.9 Å². The first-order valence-corrected chi connectivity index (χ1v) is 8.50. The molecule has 112 valence electrons. The quantitative estimate of drug-likeness (QED) is 0.603. The molecule has 0 spiro atoms. The van der Waals surface area contributed by atoms with Crippen LogP contribution in [-0.4, -0.2) is 0 Å². The number of hydrogen-bond donors (Lipinski definition) is 0. The number of fused-ring (bicyclic) bond motifs is 1. The van der Waals surface area contributed by atoms with Crippen molar-refractivity contribution in [1.29, 1.82) is 0 Å². The van der Waals surface area contributed by atoms with E-state index in [-0.39, 0.29) is 0 Å². The SMILES string of the molecule is Cc1ccc(C2C3C(c4ccccc4)C23c2ccccc2)cc1. The van der Waals surface area contributed by atoms with E-state index in [2.05, 4.69) is 91.9 Å². The van der Waals surface area contributed by atoms with Crippen molar-refractivity contribution in [2.75, 3.05) is 0 Å². The van der Waals surface area contributed by atoms with Crippen LogP contribution in [0.1, 0.15) is 34.1 Å². The van der Waals surface area contributed by atoms with E-state index in [1.54, 1.807) is 0 Å². The molecular formula is C23H20. The van der Waals surface area contributed by atoms with Gasteiger partial charge >= 0.3 is 0 Å². The standard InChI is InChI=1S/C23H20/c1-16-12-14-18(15-13-16)21-22-20(17-8-4-2-5-9-17)23(21,22)19-10-6-3-7-11-19/h2-15,20-22H,1H3. The Morgan fingerprint density at radius 3 is 1.74 bits per heavy atom. The summed E-state index contributed by atoms with van der Waals surface area (Å²) in [7, 11) is 0. The number of rotatable bonds is 3. The fraction of sp³-hybridized carbons (Fsp3) is 0.217. The number of aryl methyl sites for hydroxylation is 1. The molecule has 2 aliphatic carbocycles. The van der Waals surface area contributed by atoms with Crippen molar-refractivity contribution in [3.05, 3.63) is 107 Å². The molecule has 2 fully saturated rings. The highest BCUT2D eigenvalue weighted by molar-refractivity contribution is 5.64. The molecule has 23 heavy (non-hydrogen) atoms. The van der Waals surface area contributed by atoms with Gasteiger partial charge in [-0.25, -0.2) is 0 Å². The van der Waals surface area contributed by atoms with Crippen LogP contribution in [0.2, 0.25) is 0 Å². The molecule has 0 bridgehead atoms. The van der Waals surface area contributed by atoms with E-state index < -0.39 is 0 Å². The Labute approximate surface area is 137 Å². The summed E-state index contributed by atoms with van der Waals surface area (Å²) in [6, 6.07) is 31.4. The van der Waals surface area contributed by atoms with Crippen LogP contribution >= 0.6 is 0 Å². The molecule has 4 unspecified atom stereocenters. The maximum atomic E-state index is 2.33. The molecule has 0 radical (unpaired) electrons. The van der Waals surface area contributed by atoms with Gasteiger partial charge in [0.15, 0.2) is 0 Å². The highest BCUT2D eigenvalue weighted by atomic mass is 14.9. The minimum Gasteiger partial charge on any atom is -0.0622 e. The van der Waals surface area contributed by atoms with Gasteiger partial charge in [-0.3, -0.25) is 0 Å². The topological polar surface area (TPSA) is 0 Å². The predicted octanol–water partition coefficient (Wildman–Crippen LogP) is 5.44. The van der Waals surface area contributed by atoms with E-state index in [0.717, 1.165) is 5.92 Å². The molecule has 0 N–H and O–H groups in total. The average Bonchev–Trinajstić information content (AvgIpc) is 3.47. The Morgan fingerprint density at radius 1 is 0.609 bits per heavy atom. The van der Waals surface area contributed by atoms with Crippen molar-refractivity contribution in [2.45, 2.75) is 24.2 Å². The lowest BCUT2D eigenvalue weighted by molar-refractivity contribution is 0.631. The maximum absolute atomic E-state index is 2.33. The van der Waals surface area contributed by atoms with Gasteiger partial charge in [-0.1, -0.05) is 90.5 Å². The minimum absolute atomic E-state index is 0.345. The Kier molecular flexibility index (Phi) is 2.61. The zero-order valence-corrected chi connectivity index (χ0v) is 13.3. The van der Waals surface area contributed by atoms with Crippen LogP contribution in [0.5, 0.6) is 0 Å². The smallest absolute Gasteiger partial charge is 0.0137 e.